The summed E-state index contributed by atoms with van der Waals surface area (Å²) in [6.45, 7) is 3.93. The van der Waals surface area contributed by atoms with E-state index in [1.807, 2.05) is 77.7 Å². The fraction of sp³-hybridized carbons (Fsp3) is 0.269. The molecule has 0 atom stereocenters. The highest BCUT2D eigenvalue weighted by atomic mass is 16.5. The average molecular weight is 433 g/mol. The van der Waals surface area contributed by atoms with Gasteiger partial charge in [-0.1, -0.05) is 54.6 Å². The van der Waals surface area contributed by atoms with Crippen LogP contribution in [-0.2, 0) is 17.9 Å². The number of benzene rings is 3. The number of anilines is 1. The van der Waals surface area contributed by atoms with E-state index in [1.165, 1.54) is 0 Å². The lowest BCUT2D eigenvalue weighted by Crippen LogP contribution is -2.35. The van der Waals surface area contributed by atoms with Gasteiger partial charge in [-0.3, -0.25) is 9.69 Å². The molecule has 3 aromatic rings. The van der Waals surface area contributed by atoms with Crippen LogP contribution >= 0.6 is 0 Å². The minimum absolute atomic E-state index is 0.0174. The fourth-order valence-corrected chi connectivity index (χ4v) is 3.93. The summed E-state index contributed by atoms with van der Waals surface area (Å²) in [5, 5.41) is 9.32. The molecule has 0 bridgehead atoms. The number of carboxylic acid groups (broad SMARTS) is 1. The molecule has 3 aromatic carbocycles. The third kappa shape index (κ3) is 6.02. The Morgan fingerprint density at radius 3 is 2.56 bits per heavy atom. The van der Waals surface area contributed by atoms with Gasteiger partial charge in [-0.15, -0.1) is 0 Å². The van der Waals surface area contributed by atoms with Crippen molar-refractivity contribution in [2.45, 2.75) is 13.1 Å². The Bertz CT molecular complexity index is 1030. The molecule has 1 aliphatic rings. The van der Waals surface area contributed by atoms with Gasteiger partial charge in [0.05, 0.1) is 25.3 Å². The number of ether oxygens (including phenoxy) is 2. The lowest BCUT2D eigenvalue weighted by atomic mass is 10.1. The second-order valence-corrected chi connectivity index (χ2v) is 7.82. The van der Waals surface area contributed by atoms with Gasteiger partial charge in [-0.25, -0.2) is 0 Å². The summed E-state index contributed by atoms with van der Waals surface area (Å²) in [4.78, 5) is 15.5. The molecule has 0 saturated heterocycles. The van der Waals surface area contributed by atoms with Crippen molar-refractivity contribution in [1.29, 1.82) is 0 Å². The number of hydrogen-bond donors (Lipinski definition) is 1. The van der Waals surface area contributed by atoms with Crippen LogP contribution in [0.4, 0.5) is 5.69 Å². The minimum Gasteiger partial charge on any atom is -0.492 e. The quantitative estimate of drug-likeness (QED) is 0.522. The van der Waals surface area contributed by atoms with Gasteiger partial charge in [-0.05, 0) is 35.4 Å². The van der Waals surface area contributed by atoms with Crippen molar-refractivity contribution in [3.8, 4) is 11.5 Å². The molecule has 1 heterocycles. The van der Waals surface area contributed by atoms with Gasteiger partial charge in [0.2, 0.25) is 0 Å². The second-order valence-electron chi connectivity index (χ2n) is 7.82. The van der Waals surface area contributed by atoms with E-state index < -0.39 is 5.97 Å². The molecule has 0 aliphatic carbocycles. The van der Waals surface area contributed by atoms with E-state index in [0.717, 1.165) is 41.4 Å². The zero-order valence-corrected chi connectivity index (χ0v) is 18.0. The molecule has 0 aromatic heterocycles. The van der Waals surface area contributed by atoms with Crippen LogP contribution in [0.3, 0.4) is 0 Å². The van der Waals surface area contributed by atoms with Gasteiger partial charge in [0, 0.05) is 13.1 Å². The lowest BCUT2D eigenvalue weighted by molar-refractivity contribution is -0.138. The Kier molecular flexibility index (Phi) is 7.25. The van der Waals surface area contributed by atoms with Crippen LogP contribution in [0.1, 0.15) is 11.1 Å². The first-order valence-corrected chi connectivity index (χ1v) is 10.8. The molecule has 0 unspecified atom stereocenters. The SMILES string of the molecule is O=C(O)CN(Cc1ccccc1)Cc1cccc(OCCN2CCOc3ccccc32)c1. The number of nitrogens with zero attached hydrogens (tertiary/aromatic N) is 2. The fourth-order valence-electron chi connectivity index (χ4n) is 3.93. The normalized spacial score (nSPS) is 12.8. The molecule has 4 rings (SSSR count). The van der Waals surface area contributed by atoms with Crippen LogP contribution in [0, 0.1) is 0 Å². The van der Waals surface area contributed by atoms with Crippen LogP contribution in [0.25, 0.3) is 0 Å². The third-order valence-electron chi connectivity index (χ3n) is 5.37. The zero-order chi connectivity index (χ0) is 22.2. The predicted molar refractivity (Wildman–Crippen MR) is 124 cm³/mol. The Morgan fingerprint density at radius 2 is 1.72 bits per heavy atom. The third-order valence-corrected chi connectivity index (χ3v) is 5.37. The Balaban J connectivity index is 1.35. The largest absolute Gasteiger partial charge is 0.492 e. The first-order valence-electron chi connectivity index (χ1n) is 10.8. The van der Waals surface area contributed by atoms with E-state index in [9.17, 15) is 9.90 Å². The van der Waals surface area contributed by atoms with Crippen molar-refractivity contribution >= 4 is 11.7 Å². The number of fused-ring (bicyclic) bond motifs is 1. The molecule has 0 amide bonds. The van der Waals surface area contributed by atoms with E-state index in [1.54, 1.807) is 0 Å². The molecule has 1 aliphatic heterocycles. The van der Waals surface area contributed by atoms with Gasteiger partial charge in [0.15, 0.2) is 0 Å². The lowest BCUT2D eigenvalue weighted by Gasteiger charge is -2.31. The molecule has 166 valence electrons. The number of rotatable bonds is 10. The average Bonchev–Trinajstić information content (AvgIpc) is 2.80. The van der Waals surface area contributed by atoms with Crippen LogP contribution < -0.4 is 14.4 Å². The smallest absolute Gasteiger partial charge is 0.317 e. The van der Waals surface area contributed by atoms with Gasteiger partial charge in [-0.2, -0.15) is 0 Å². The molecular weight excluding hydrogens is 404 g/mol. The number of aliphatic carboxylic acids is 1. The Labute approximate surface area is 188 Å². The minimum atomic E-state index is -0.834. The summed E-state index contributed by atoms with van der Waals surface area (Å²) in [5.74, 6) is 0.871. The molecule has 0 fully saturated rings. The Morgan fingerprint density at radius 1 is 0.969 bits per heavy atom. The summed E-state index contributed by atoms with van der Waals surface area (Å²) in [7, 11) is 0. The molecule has 0 spiro atoms. The Hall–Kier alpha value is -3.51. The van der Waals surface area contributed by atoms with Crippen molar-refractivity contribution in [3.63, 3.8) is 0 Å². The first-order chi connectivity index (χ1) is 15.7. The standard InChI is InChI=1S/C26H28N2O4/c29-26(30)20-27(18-21-7-2-1-3-8-21)19-22-9-6-10-23(17-22)31-15-13-28-14-16-32-25-12-5-4-11-24(25)28/h1-12,17H,13-16,18-20H2,(H,29,30). The van der Waals surface area contributed by atoms with Crippen LogP contribution in [-0.4, -0.2) is 48.8 Å². The van der Waals surface area contributed by atoms with E-state index in [2.05, 4.69) is 11.0 Å². The van der Waals surface area contributed by atoms with E-state index in [0.29, 0.717) is 26.3 Å². The summed E-state index contributed by atoms with van der Waals surface area (Å²) >= 11 is 0. The molecular formula is C26H28N2O4. The molecule has 0 saturated carbocycles. The molecule has 1 N–H and O–H groups in total. The summed E-state index contributed by atoms with van der Waals surface area (Å²) in [5.41, 5.74) is 3.21. The van der Waals surface area contributed by atoms with Crippen molar-refractivity contribution in [1.82, 2.24) is 4.90 Å². The number of para-hydroxylation sites is 2. The highest BCUT2D eigenvalue weighted by Crippen LogP contribution is 2.30. The number of carbonyl (C=O) groups is 1. The van der Waals surface area contributed by atoms with E-state index in [4.69, 9.17) is 9.47 Å². The van der Waals surface area contributed by atoms with Crippen molar-refractivity contribution in [2.75, 3.05) is 37.7 Å². The van der Waals surface area contributed by atoms with Crippen molar-refractivity contribution < 1.29 is 19.4 Å². The van der Waals surface area contributed by atoms with Crippen molar-refractivity contribution in [3.05, 3.63) is 90.0 Å². The zero-order valence-electron chi connectivity index (χ0n) is 18.0. The highest BCUT2D eigenvalue weighted by molar-refractivity contribution is 5.69. The maximum Gasteiger partial charge on any atom is 0.317 e. The number of hydrogen-bond acceptors (Lipinski definition) is 5. The van der Waals surface area contributed by atoms with Crippen LogP contribution in [0.2, 0.25) is 0 Å². The van der Waals surface area contributed by atoms with Gasteiger partial charge >= 0.3 is 5.97 Å². The summed E-state index contributed by atoms with van der Waals surface area (Å²) in [6, 6.07) is 25.9. The van der Waals surface area contributed by atoms with Crippen molar-refractivity contribution in [2.24, 2.45) is 0 Å². The van der Waals surface area contributed by atoms with Gasteiger partial charge in [0.25, 0.3) is 0 Å². The molecule has 6 nitrogen and oxygen atoms in total. The molecule has 32 heavy (non-hydrogen) atoms. The first kappa shape index (κ1) is 21.7. The van der Waals surface area contributed by atoms with Gasteiger partial charge in [0.1, 0.15) is 24.7 Å². The second kappa shape index (κ2) is 10.7. The van der Waals surface area contributed by atoms with E-state index in [-0.39, 0.29) is 6.54 Å². The highest BCUT2D eigenvalue weighted by Gasteiger charge is 2.17. The summed E-state index contributed by atoms with van der Waals surface area (Å²) in [6.07, 6.45) is 0. The maximum atomic E-state index is 11.4. The molecule has 6 heteroatoms. The summed E-state index contributed by atoms with van der Waals surface area (Å²) < 4.78 is 11.7. The van der Waals surface area contributed by atoms with E-state index >= 15 is 0 Å². The topological polar surface area (TPSA) is 62.2 Å². The number of carboxylic acids is 1. The monoisotopic (exact) mass is 432 g/mol. The molecule has 0 radical (unpaired) electrons. The predicted octanol–water partition coefficient (Wildman–Crippen LogP) is 4.05. The maximum absolute atomic E-state index is 11.4. The van der Waals surface area contributed by atoms with Gasteiger partial charge < -0.3 is 19.5 Å². The van der Waals surface area contributed by atoms with Crippen LogP contribution in [0.15, 0.2) is 78.9 Å². The van der Waals surface area contributed by atoms with Crippen LogP contribution in [0.5, 0.6) is 11.5 Å².